The first kappa shape index (κ1) is 11.6. The van der Waals surface area contributed by atoms with Gasteiger partial charge in [-0.15, -0.1) is 0 Å². The van der Waals surface area contributed by atoms with E-state index in [4.69, 9.17) is 9.84 Å². The minimum atomic E-state index is -1.51. The quantitative estimate of drug-likeness (QED) is 0.631. The first-order valence-corrected chi connectivity index (χ1v) is 5.13. The zero-order valence-corrected chi connectivity index (χ0v) is 9.14. The zero-order valence-electron chi connectivity index (χ0n) is 9.14. The van der Waals surface area contributed by atoms with Crippen molar-refractivity contribution < 1.29 is 23.8 Å². The summed E-state index contributed by atoms with van der Waals surface area (Å²) in [5.41, 5.74) is -0.913. The maximum Gasteiger partial charge on any atom is 0.323 e. The van der Waals surface area contributed by atoms with Crippen molar-refractivity contribution in [2.75, 3.05) is 0 Å². The fourth-order valence-electron chi connectivity index (χ4n) is 1.79. The molecule has 0 aromatic heterocycles. The van der Waals surface area contributed by atoms with E-state index < -0.39 is 23.5 Å². The number of carbonyl (C=O) groups excluding carboxylic acids is 1. The van der Waals surface area contributed by atoms with Crippen LogP contribution in [-0.2, 0) is 14.3 Å². The third-order valence-electron chi connectivity index (χ3n) is 3.01. The number of aliphatic carboxylic acids is 1. The van der Waals surface area contributed by atoms with Crippen molar-refractivity contribution in [1.82, 2.24) is 0 Å². The molecule has 0 radical (unpaired) electrons. The number of ether oxygens (including phenoxy) is 1. The van der Waals surface area contributed by atoms with E-state index in [0.717, 1.165) is 0 Å². The monoisotopic (exact) mass is 238 g/mol. The molecule has 17 heavy (non-hydrogen) atoms. The summed E-state index contributed by atoms with van der Waals surface area (Å²) in [4.78, 5) is 22.5. The second-order valence-corrected chi connectivity index (χ2v) is 4.29. The van der Waals surface area contributed by atoms with Crippen LogP contribution in [0.15, 0.2) is 24.3 Å². The molecule has 4 nitrogen and oxygen atoms in total. The Hall–Kier alpha value is -1.91. The van der Waals surface area contributed by atoms with Crippen molar-refractivity contribution >= 4 is 11.9 Å². The van der Waals surface area contributed by atoms with Gasteiger partial charge in [-0.3, -0.25) is 9.59 Å². The van der Waals surface area contributed by atoms with Crippen LogP contribution in [0.25, 0.3) is 0 Å². The number of hydrogen-bond donors (Lipinski definition) is 1. The maximum absolute atomic E-state index is 12.7. The van der Waals surface area contributed by atoms with Crippen molar-refractivity contribution in [2.45, 2.75) is 19.4 Å². The minimum absolute atomic E-state index is 0.0623. The van der Waals surface area contributed by atoms with Crippen molar-refractivity contribution in [3.8, 4) is 0 Å². The van der Waals surface area contributed by atoms with Crippen LogP contribution in [0.5, 0.6) is 0 Å². The van der Waals surface area contributed by atoms with Crippen LogP contribution >= 0.6 is 0 Å². The lowest BCUT2D eigenvalue weighted by molar-refractivity contribution is -0.159. The Morgan fingerprint density at radius 1 is 1.47 bits per heavy atom. The Kier molecular flexibility index (Phi) is 2.61. The lowest BCUT2D eigenvalue weighted by Crippen LogP contribution is -2.31. The second kappa shape index (κ2) is 3.84. The van der Waals surface area contributed by atoms with Crippen molar-refractivity contribution in [2.24, 2.45) is 5.41 Å². The Labute approximate surface area is 97.0 Å². The molecule has 0 aliphatic carbocycles. The molecular weight excluding hydrogens is 227 g/mol. The Bertz CT molecular complexity index is 468. The minimum Gasteiger partial charge on any atom is -0.480 e. The van der Waals surface area contributed by atoms with Gasteiger partial charge in [0.1, 0.15) is 11.9 Å². The van der Waals surface area contributed by atoms with E-state index in [-0.39, 0.29) is 12.2 Å². The molecule has 2 atom stereocenters. The summed E-state index contributed by atoms with van der Waals surface area (Å²) in [7, 11) is 0. The Morgan fingerprint density at radius 3 is 2.53 bits per heavy atom. The molecule has 5 heteroatoms. The van der Waals surface area contributed by atoms with E-state index in [0.29, 0.717) is 5.56 Å². The molecule has 90 valence electrons. The molecule has 1 heterocycles. The number of carbonyl (C=O) groups is 2. The predicted molar refractivity (Wildman–Crippen MR) is 55.6 cm³/mol. The first-order chi connectivity index (χ1) is 7.93. The van der Waals surface area contributed by atoms with Crippen molar-refractivity contribution in [3.63, 3.8) is 0 Å². The van der Waals surface area contributed by atoms with Gasteiger partial charge in [-0.1, -0.05) is 12.1 Å². The maximum atomic E-state index is 12.7. The molecule has 0 unspecified atom stereocenters. The van der Waals surface area contributed by atoms with Gasteiger partial charge < -0.3 is 9.84 Å². The summed E-state index contributed by atoms with van der Waals surface area (Å²) in [5, 5.41) is 8.99. The highest BCUT2D eigenvalue weighted by Gasteiger charge is 2.51. The lowest BCUT2D eigenvalue weighted by atomic mass is 9.86. The van der Waals surface area contributed by atoms with Crippen LogP contribution in [0.1, 0.15) is 25.0 Å². The molecule has 0 saturated carbocycles. The lowest BCUT2D eigenvalue weighted by Gasteiger charge is -2.11. The number of halogens is 1. The first-order valence-electron chi connectivity index (χ1n) is 5.13. The number of carboxylic acid groups (broad SMARTS) is 1. The zero-order chi connectivity index (χ0) is 12.6. The molecule has 1 aliphatic heterocycles. The summed E-state index contributed by atoms with van der Waals surface area (Å²) in [6, 6.07) is 5.47. The van der Waals surface area contributed by atoms with Gasteiger partial charge in [0, 0.05) is 6.42 Å². The molecule has 0 bridgehead atoms. The third kappa shape index (κ3) is 1.88. The van der Waals surface area contributed by atoms with Gasteiger partial charge in [0.25, 0.3) is 0 Å². The van der Waals surface area contributed by atoms with Gasteiger partial charge in [-0.2, -0.15) is 0 Å². The summed E-state index contributed by atoms with van der Waals surface area (Å²) < 4.78 is 17.8. The number of carboxylic acids is 1. The molecule has 1 aromatic rings. The average Bonchev–Trinajstić information content (AvgIpc) is 2.58. The van der Waals surface area contributed by atoms with E-state index >= 15 is 0 Å². The highest BCUT2D eigenvalue weighted by atomic mass is 19.1. The Balaban J connectivity index is 2.25. The SMILES string of the molecule is C[C@]1(C(=O)O)C[C@@H](c2ccc(F)cc2)OC1=O. The number of hydrogen-bond acceptors (Lipinski definition) is 3. The van der Waals surface area contributed by atoms with Gasteiger partial charge in [0.2, 0.25) is 0 Å². The largest absolute Gasteiger partial charge is 0.480 e. The average molecular weight is 238 g/mol. The van der Waals surface area contributed by atoms with Crippen LogP contribution in [0.4, 0.5) is 4.39 Å². The highest BCUT2D eigenvalue weighted by molar-refractivity contribution is 6.00. The molecule has 0 amide bonds. The van der Waals surface area contributed by atoms with E-state index in [1.807, 2.05) is 0 Å². The molecule has 1 aromatic carbocycles. The summed E-state index contributed by atoms with van der Waals surface area (Å²) >= 11 is 0. The smallest absolute Gasteiger partial charge is 0.323 e. The van der Waals surface area contributed by atoms with Crippen LogP contribution in [0.3, 0.4) is 0 Å². The fourth-order valence-corrected chi connectivity index (χ4v) is 1.79. The van der Waals surface area contributed by atoms with Gasteiger partial charge in [0.05, 0.1) is 0 Å². The van der Waals surface area contributed by atoms with Gasteiger partial charge in [-0.05, 0) is 24.6 Å². The Morgan fingerprint density at radius 2 is 2.06 bits per heavy atom. The normalized spacial score (nSPS) is 27.9. The number of esters is 1. The van der Waals surface area contributed by atoms with E-state index in [1.54, 1.807) is 0 Å². The van der Waals surface area contributed by atoms with E-state index in [1.165, 1.54) is 31.2 Å². The molecular formula is C12H11FO4. The fraction of sp³-hybridized carbons (Fsp3) is 0.333. The van der Waals surface area contributed by atoms with Crippen LogP contribution in [0.2, 0.25) is 0 Å². The number of cyclic esters (lactones) is 1. The number of rotatable bonds is 2. The van der Waals surface area contributed by atoms with Crippen LogP contribution < -0.4 is 0 Å². The summed E-state index contributed by atoms with van der Waals surface area (Å²) in [6.45, 7) is 1.33. The topological polar surface area (TPSA) is 63.6 Å². The second-order valence-electron chi connectivity index (χ2n) is 4.29. The third-order valence-corrected chi connectivity index (χ3v) is 3.01. The molecule has 1 saturated heterocycles. The van der Waals surface area contributed by atoms with Crippen LogP contribution in [-0.4, -0.2) is 17.0 Å². The van der Waals surface area contributed by atoms with E-state index in [2.05, 4.69) is 0 Å². The molecule has 1 aliphatic rings. The standard InChI is InChI=1S/C12H11FO4/c1-12(10(14)15)6-9(17-11(12)16)7-2-4-8(13)5-3-7/h2-5,9H,6H2,1H3,(H,14,15)/t9-,12+/m0/s1. The van der Waals surface area contributed by atoms with Gasteiger partial charge in [0.15, 0.2) is 5.41 Å². The highest BCUT2D eigenvalue weighted by Crippen LogP contribution is 2.41. The molecule has 0 spiro atoms. The molecule has 1 N–H and O–H groups in total. The number of benzene rings is 1. The van der Waals surface area contributed by atoms with Crippen LogP contribution in [0, 0.1) is 11.2 Å². The molecule has 2 rings (SSSR count). The van der Waals surface area contributed by atoms with E-state index in [9.17, 15) is 14.0 Å². The van der Waals surface area contributed by atoms with Crippen molar-refractivity contribution in [3.05, 3.63) is 35.6 Å². The molecule has 1 fully saturated rings. The summed E-state index contributed by atoms with van der Waals surface area (Å²) in [5.74, 6) is -2.34. The summed E-state index contributed by atoms with van der Waals surface area (Å²) in [6.07, 6.45) is -0.559. The van der Waals surface area contributed by atoms with Gasteiger partial charge >= 0.3 is 11.9 Å². The predicted octanol–water partition coefficient (Wildman–Crippen LogP) is 1.90. The van der Waals surface area contributed by atoms with Gasteiger partial charge in [-0.25, -0.2) is 4.39 Å². The van der Waals surface area contributed by atoms with Crippen molar-refractivity contribution in [1.29, 1.82) is 0 Å².